The molecule has 4 rings (SSSR count). The number of benzene rings is 1. The van der Waals surface area contributed by atoms with Gasteiger partial charge in [0.15, 0.2) is 6.10 Å². The van der Waals surface area contributed by atoms with Gasteiger partial charge >= 0.3 is 5.97 Å². The van der Waals surface area contributed by atoms with E-state index in [0.717, 1.165) is 11.3 Å². The minimum atomic E-state index is -1.00. The van der Waals surface area contributed by atoms with Gasteiger partial charge in [-0.15, -0.1) is 0 Å². The van der Waals surface area contributed by atoms with Crippen molar-refractivity contribution in [3.05, 3.63) is 71.8 Å². The van der Waals surface area contributed by atoms with Crippen LogP contribution in [0.4, 0.5) is 5.69 Å². The number of esters is 1. The summed E-state index contributed by atoms with van der Waals surface area (Å²) in [6, 6.07) is 12.7. The average Bonchev–Trinajstić information content (AvgIpc) is 3.04. The molecule has 1 unspecified atom stereocenters. The Labute approximate surface area is 185 Å². The number of carbonyl (C=O) groups is 2. The molecule has 1 N–H and O–H groups in total. The number of ether oxygens (including phenoxy) is 1. The summed E-state index contributed by atoms with van der Waals surface area (Å²) in [7, 11) is 1.80. The van der Waals surface area contributed by atoms with E-state index in [2.05, 4.69) is 20.4 Å². The smallest absolute Gasteiger partial charge is 0.339 e. The van der Waals surface area contributed by atoms with Gasteiger partial charge in [-0.3, -0.25) is 14.5 Å². The molecule has 0 aliphatic rings. The van der Waals surface area contributed by atoms with Gasteiger partial charge in [-0.25, -0.2) is 9.78 Å². The number of hydrogen-bond donors (Lipinski definition) is 1. The highest BCUT2D eigenvalue weighted by atomic mass is 16.5. The lowest BCUT2D eigenvalue weighted by Gasteiger charge is -2.15. The fourth-order valence-corrected chi connectivity index (χ4v) is 3.47. The summed E-state index contributed by atoms with van der Waals surface area (Å²) in [5, 5.41) is 7.75. The van der Waals surface area contributed by atoms with Crippen molar-refractivity contribution in [2.45, 2.75) is 26.9 Å². The molecule has 0 aliphatic carbocycles. The summed E-state index contributed by atoms with van der Waals surface area (Å²) in [4.78, 5) is 34.5. The first-order chi connectivity index (χ1) is 15.3. The van der Waals surface area contributed by atoms with Crippen LogP contribution in [0.5, 0.6) is 0 Å². The number of nitrogens with one attached hydrogen (secondary N) is 1. The Morgan fingerprint density at radius 3 is 2.50 bits per heavy atom. The first kappa shape index (κ1) is 21.2. The maximum atomic E-state index is 13.1. The Balaban J connectivity index is 1.61. The number of carbonyl (C=O) groups excluding carboxylic acids is 2. The Kier molecular flexibility index (Phi) is 5.68. The number of pyridine rings is 2. The van der Waals surface area contributed by atoms with Gasteiger partial charge in [-0.1, -0.05) is 18.2 Å². The van der Waals surface area contributed by atoms with Gasteiger partial charge in [-0.2, -0.15) is 5.10 Å². The van der Waals surface area contributed by atoms with E-state index in [1.165, 1.54) is 0 Å². The molecule has 1 aromatic carbocycles. The summed E-state index contributed by atoms with van der Waals surface area (Å²) >= 11 is 0. The highest BCUT2D eigenvalue weighted by Gasteiger charge is 2.23. The maximum Gasteiger partial charge on any atom is 0.339 e. The van der Waals surface area contributed by atoms with Crippen molar-refractivity contribution in [2.24, 2.45) is 7.05 Å². The molecule has 0 spiro atoms. The number of aryl methyl sites for hydroxylation is 2. The highest BCUT2D eigenvalue weighted by Crippen LogP contribution is 2.26. The van der Waals surface area contributed by atoms with Gasteiger partial charge in [0.05, 0.1) is 33.8 Å². The minimum absolute atomic E-state index is 0.343. The van der Waals surface area contributed by atoms with Crippen molar-refractivity contribution < 1.29 is 14.3 Å². The molecule has 0 bridgehead atoms. The second kappa shape index (κ2) is 8.58. The van der Waals surface area contributed by atoms with Crippen LogP contribution in [0.2, 0.25) is 0 Å². The molecular weight excluding hydrogens is 406 g/mol. The number of para-hydroxylation sites is 1. The lowest BCUT2D eigenvalue weighted by molar-refractivity contribution is -0.123. The topological polar surface area (TPSA) is 99.0 Å². The van der Waals surface area contributed by atoms with E-state index in [4.69, 9.17) is 4.74 Å². The van der Waals surface area contributed by atoms with Crippen LogP contribution in [-0.2, 0) is 16.6 Å². The largest absolute Gasteiger partial charge is 0.449 e. The van der Waals surface area contributed by atoms with E-state index in [-0.39, 0.29) is 0 Å². The molecule has 0 aliphatic heterocycles. The van der Waals surface area contributed by atoms with E-state index in [1.54, 1.807) is 37.1 Å². The van der Waals surface area contributed by atoms with Crippen molar-refractivity contribution in [3.8, 4) is 11.3 Å². The summed E-state index contributed by atoms with van der Waals surface area (Å²) in [5.41, 5.74) is 4.58. The van der Waals surface area contributed by atoms with E-state index in [9.17, 15) is 9.59 Å². The molecular formula is C24H23N5O3. The van der Waals surface area contributed by atoms with Crippen LogP contribution in [-0.4, -0.2) is 37.7 Å². The Hall–Kier alpha value is -4.07. The predicted molar refractivity (Wildman–Crippen MR) is 121 cm³/mol. The number of anilines is 1. The first-order valence-electron chi connectivity index (χ1n) is 10.2. The van der Waals surface area contributed by atoms with Crippen molar-refractivity contribution in [1.82, 2.24) is 19.7 Å². The Bertz CT molecular complexity index is 1310. The number of amides is 1. The van der Waals surface area contributed by atoms with Crippen molar-refractivity contribution in [1.29, 1.82) is 0 Å². The number of hydrogen-bond acceptors (Lipinski definition) is 6. The van der Waals surface area contributed by atoms with Crippen molar-refractivity contribution in [3.63, 3.8) is 0 Å². The standard InChI is InChI=1S/C24H23N5O3/c1-14-22(15(2)29(4)28-14)27-23(30)16(3)32-24(31)19-13-21(17-9-11-25-12-10-17)26-20-8-6-5-7-18(19)20/h5-13,16H,1-4H3,(H,27,30). The van der Waals surface area contributed by atoms with Gasteiger partial charge in [0.2, 0.25) is 0 Å². The molecule has 162 valence electrons. The zero-order chi connectivity index (χ0) is 22.8. The summed E-state index contributed by atoms with van der Waals surface area (Å²) in [6.07, 6.45) is 2.33. The third-order valence-corrected chi connectivity index (χ3v) is 5.32. The highest BCUT2D eigenvalue weighted by molar-refractivity contribution is 6.06. The minimum Gasteiger partial charge on any atom is -0.449 e. The molecule has 8 heteroatoms. The number of fused-ring (bicyclic) bond motifs is 1. The molecule has 0 radical (unpaired) electrons. The van der Waals surface area contributed by atoms with E-state index < -0.39 is 18.0 Å². The maximum absolute atomic E-state index is 13.1. The quantitative estimate of drug-likeness (QED) is 0.484. The number of aromatic nitrogens is 4. The summed E-state index contributed by atoms with van der Waals surface area (Å²) in [5.74, 6) is -1.02. The van der Waals surface area contributed by atoms with Crippen LogP contribution in [0, 0.1) is 13.8 Å². The fourth-order valence-electron chi connectivity index (χ4n) is 3.47. The summed E-state index contributed by atoms with van der Waals surface area (Å²) in [6.45, 7) is 5.21. The van der Waals surface area contributed by atoms with E-state index in [1.807, 2.05) is 50.2 Å². The van der Waals surface area contributed by atoms with E-state index >= 15 is 0 Å². The normalized spacial score (nSPS) is 11.9. The Morgan fingerprint density at radius 2 is 1.81 bits per heavy atom. The number of rotatable bonds is 5. The van der Waals surface area contributed by atoms with Crippen LogP contribution in [0.25, 0.3) is 22.2 Å². The van der Waals surface area contributed by atoms with Crippen molar-refractivity contribution >= 4 is 28.5 Å². The fraction of sp³-hybridized carbons (Fsp3) is 0.208. The van der Waals surface area contributed by atoms with Crippen LogP contribution < -0.4 is 5.32 Å². The van der Waals surface area contributed by atoms with Crippen LogP contribution in [0.3, 0.4) is 0 Å². The lowest BCUT2D eigenvalue weighted by atomic mass is 10.0. The molecule has 32 heavy (non-hydrogen) atoms. The first-order valence-corrected chi connectivity index (χ1v) is 10.2. The second-order valence-corrected chi connectivity index (χ2v) is 7.51. The molecule has 1 amide bonds. The van der Waals surface area contributed by atoms with Crippen LogP contribution in [0.15, 0.2) is 54.9 Å². The Morgan fingerprint density at radius 1 is 1.09 bits per heavy atom. The number of nitrogens with zero attached hydrogens (tertiary/aromatic N) is 4. The van der Waals surface area contributed by atoms with Crippen molar-refractivity contribution in [2.75, 3.05) is 5.32 Å². The average molecular weight is 429 g/mol. The zero-order valence-electron chi connectivity index (χ0n) is 18.3. The van der Waals surface area contributed by atoms with E-state index in [0.29, 0.717) is 33.5 Å². The molecule has 8 nitrogen and oxygen atoms in total. The molecule has 0 fully saturated rings. The van der Waals surface area contributed by atoms with Crippen LogP contribution in [0.1, 0.15) is 28.7 Å². The van der Waals surface area contributed by atoms with Gasteiger partial charge < -0.3 is 10.1 Å². The predicted octanol–water partition coefficient (Wildman–Crippen LogP) is 3.83. The third kappa shape index (κ3) is 4.07. The second-order valence-electron chi connectivity index (χ2n) is 7.51. The summed E-state index contributed by atoms with van der Waals surface area (Å²) < 4.78 is 7.22. The zero-order valence-corrected chi connectivity index (χ0v) is 18.3. The van der Waals surface area contributed by atoms with Gasteiger partial charge in [0.1, 0.15) is 0 Å². The van der Waals surface area contributed by atoms with Gasteiger partial charge in [-0.05, 0) is 45.0 Å². The van der Waals surface area contributed by atoms with Crippen LogP contribution >= 0.6 is 0 Å². The molecule has 4 aromatic rings. The SMILES string of the molecule is Cc1nn(C)c(C)c1NC(=O)C(C)OC(=O)c1cc(-c2ccncc2)nc2ccccc12. The monoisotopic (exact) mass is 429 g/mol. The lowest BCUT2D eigenvalue weighted by Crippen LogP contribution is -2.30. The molecule has 1 atom stereocenters. The molecule has 0 saturated carbocycles. The molecule has 3 heterocycles. The van der Waals surface area contributed by atoms with Gasteiger partial charge in [0, 0.05) is 30.4 Å². The molecule has 3 aromatic heterocycles. The third-order valence-electron chi connectivity index (χ3n) is 5.32. The van der Waals surface area contributed by atoms with Gasteiger partial charge in [0.25, 0.3) is 5.91 Å². The molecule has 0 saturated heterocycles.